The van der Waals surface area contributed by atoms with Gasteiger partial charge in [0.15, 0.2) is 0 Å². The smallest absolute Gasteiger partial charge is 0.326 e. The van der Waals surface area contributed by atoms with Crippen molar-refractivity contribution in [2.24, 2.45) is 5.41 Å². The fraction of sp³-hybridized carbons (Fsp3) is 0.769. The third-order valence-electron chi connectivity index (χ3n) is 2.48. The van der Waals surface area contributed by atoms with Crippen LogP contribution in [-0.4, -0.2) is 41.6 Å². The lowest BCUT2D eigenvalue weighted by Crippen LogP contribution is -2.52. The van der Waals surface area contributed by atoms with Gasteiger partial charge in [0.05, 0.1) is 0 Å². The van der Waals surface area contributed by atoms with Crippen LogP contribution in [0.5, 0.6) is 0 Å². The standard InChI is InChI=1S/C13H25N3O4/c1-8(2)15-9(17)6-7-14-12(20)16-10(11(18)19)13(3,4)5/h8,10H,6-7H2,1-5H3,(H,15,17)(H,18,19)(H2,14,16,20)/t10-/m0/s1. The number of amides is 3. The molecular weight excluding hydrogens is 262 g/mol. The maximum absolute atomic E-state index is 11.6. The second-order valence-electron chi connectivity index (χ2n) is 6.01. The molecule has 0 aliphatic rings. The van der Waals surface area contributed by atoms with Crippen molar-refractivity contribution in [3.63, 3.8) is 0 Å². The molecule has 0 aliphatic carbocycles. The molecule has 0 spiro atoms. The summed E-state index contributed by atoms with van der Waals surface area (Å²) in [6.07, 6.45) is 0.152. The highest BCUT2D eigenvalue weighted by Gasteiger charge is 2.32. The van der Waals surface area contributed by atoms with Crippen molar-refractivity contribution in [1.82, 2.24) is 16.0 Å². The molecule has 0 bridgehead atoms. The summed E-state index contributed by atoms with van der Waals surface area (Å²) in [6.45, 7) is 9.02. The van der Waals surface area contributed by atoms with E-state index in [0.29, 0.717) is 0 Å². The molecule has 20 heavy (non-hydrogen) atoms. The highest BCUT2D eigenvalue weighted by atomic mass is 16.4. The largest absolute Gasteiger partial charge is 0.480 e. The molecule has 0 aromatic heterocycles. The van der Waals surface area contributed by atoms with Gasteiger partial charge in [-0.05, 0) is 19.3 Å². The van der Waals surface area contributed by atoms with Crippen LogP contribution in [0.3, 0.4) is 0 Å². The SMILES string of the molecule is CC(C)NC(=O)CCNC(=O)N[C@@H](C(=O)O)C(C)(C)C. The predicted octanol–water partition coefficient (Wildman–Crippen LogP) is 0.700. The molecule has 0 saturated heterocycles. The van der Waals surface area contributed by atoms with Gasteiger partial charge in [0.25, 0.3) is 0 Å². The Bertz CT molecular complexity index is 361. The van der Waals surface area contributed by atoms with E-state index in [-0.39, 0.29) is 24.9 Å². The van der Waals surface area contributed by atoms with Gasteiger partial charge in [0.2, 0.25) is 5.91 Å². The predicted molar refractivity (Wildman–Crippen MR) is 75.3 cm³/mol. The van der Waals surface area contributed by atoms with E-state index in [1.807, 2.05) is 13.8 Å². The van der Waals surface area contributed by atoms with Gasteiger partial charge in [-0.1, -0.05) is 20.8 Å². The minimum atomic E-state index is -1.09. The van der Waals surface area contributed by atoms with Gasteiger partial charge in [0, 0.05) is 19.0 Å². The number of aliphatic carboxylic acids is 1. The van der Waals surface area contributed by atoms with Gasteiger partial charge in [-0.2, -0.15) is 0 Å². The second kappa shape index (κ2) is 7.72. The first-order valence-electron chi connectivity index (χ1n) is 6.60. The fourth-order valence-electron chi connectivity index (χ4n) is 1.51. The van der Waals surface area contributed by atoms with Gasteiger partial charge in [-0.15, -0.1) is 0 Å². The second-order valence-corrected chi connectivity index (χ2v) is 6.01. The average molecular weight is 287 g/mol. The van der Waals surface area contributed by atoms with E-state index >= 15 is 0 Å². The van der Waals surface area contributed by atoms with E-state index in [2.05, 4.69) is 16.0 Å². The molecule has 0 aromatic carbocycles. The highest BCUT2D eigenvalue weighted by molar-refractivity contribution is 5.83. The Kier molecular flexibility index (Phi) is 7.02. The minimum Gasteiger partial charge on any atom is -0.480 e. The lowest BCUT2D eigenvalue weighted by Gasteiger charge is -2.27. The summed E-state index contributed by atoms with van der Waals surface area (Å²) in [4.78, 5) is 34.0. The number of hydrogen-bond donors (Lipinski definition) is 4. The van der Waals surface area contributed by atoms with E-state index < -0.39 is 23.5 Å². The number of nitrogens with one attached hydrogen (secondary N) is 3. The van der Waals surface area contributed by atoms with Crippen LogP contribution >= 0.6 is 0 Å². The van der Waals surface area contributed by atoms with Crippen LogP contribution in [0.1, 0.15) is 41.0 Å². The number of hydrogen-bond acceptors (Lipinski definition) is 3. The zero-order valence-corrected chi connectivity index (χ0v) is 12.7. The molecule has 3 amide bonds. The molecule has 1 atom stereocenters. The Hall–Kier alpha value is -1.79. The third-order valence-corrected chi connectivity index (χ3v) is 2.48. The van der Waals surface area contributed by atoms with Crippen molar-refractivity contribution in [3.05, 3.63) is 0 Å². The molecule has 0 aromatic rings. The van der Waals surface area contributed by atoms with Gasteiger partial charge in [-0.25, -0.2) is 9.59 Å². The third kappa shape index (κ3) is 7.60. The van der Waals surface area contributed by atoms with E-state index in [4.69, 9.17) is 5.11 Å². The van der Waals surface area contributed by atoms with E-state index in [1.54, 1.807) is 20.8 Å². The van der Waals surface area contributed by atoms with E-state index in [9.17, 15) is 14.4 Å². The first-order chi connectivity index (χ1) is 9.04. The number of urea groups is 1. The number of carboxylic acid groups (broad SMARTS) is 1. The zero-order chi connectivity index (χ0) is 15.9. The van der Waals surface area contributed by atoms with E-state index in [1.165, 1.54) is 0 Å². The van der Waals surface area contributed by atoms with Crippen LogP contribution < -0.4 is 16.0 Å². The Morgan fingerprint density at radius 3 is 2.05 bits per heavy atom. The van der Waals surface area contributed by atoms with Gasteiger partial charge in [-0.3, -0.25) is 4.79 Å². The number of rotatable bonds is 6. The number of carbonyl (C=O) groups excluding carboxylic acids is 2. The van der Waals surface area contributed by atoms with E-state index in [0.717, 1.165) is 0 Å². The molecule has 0 radical (unpaired) electrons. The molecule has 7 nitrogen and oxygen atoms in total. The highest BCUT2D eigenvalue weighted by Crippen LogP contribution is 2.19. The molecule has 4 N–H and O–H groups in total. The van der Waals surface area contributed by atoms with Crippen LogP contribution in [0.15, 0.2) is 0 Å². The lowest BCUT2D eigenvalue weighted by molar-refractivity contribution is -0.141. The van der Waals surface area contributed by atoms with Crippen LogP contribution in [-0.2, 0) is 9.59 Å². The molecule has 0 aliphatic heterocycles. The van der Waals surface area contributed by atoms with Crippen LogP contribution in [0.2, 0.25) is 0 Å². The van der Waals surface area contributed by atoms with Crippen molar-refractivity contribution in [3.8, 4) is 0 Å². The fourth-order valence-corrected chi connectivity index (χ4v) is 1.51. The van der Waals surface area contributed by atoms with Crippen molar-refractivity contribution in [1.29, 1.82) is 0 Å². The molecule has 0 rings (SSSR count). The number of carboxylic acids is 1. The number of carbonyl (C=O) groups is 3. The summed E-state index contributed by atoms with van der Waals surface area (Å²) in [7, 11) is 0. The van der Waals surface area contributed by atoms with Crippen molar-refractivity contribution in [2.75, 3.05) is 6.54 Å². The van der Waals surface area contributed by atoms with Crippen LogP contribution in [0, 0.1) is 5.41 Å². The van der Waals surface area contributed by atoms with Crippen LogP contribution in [0.25, 0.3) is 0 Å². The normalized spacial score (nSPS) is 12.7. The molecule has 0 heterocycles. The summed E-state index contributed by atoms with van der Waals surface area (Å²) >= 11 is 0. The molecule has 116 valence electrons. The lowest BCUT2D eigenvalue weighted by atomic mass is 9.87. The molecule has 0 unspecified atom stereocenters. The maximum atomic E-state index is 11.6. The molecule has 7 heteroatoms. The molecule has 0 fully saturated rings. The Labute approximate surface area is 119 Å². The Balaban J connectivity index is 4.16. The molecule has 0 saturated carbocycles. The van der Waals surface area contributed by atoms with Crippen LogP contribution in [0.4, 0.5) is 4.79 Å². The van der Waals surface area contributed by atoms with Crippen molar-refractivity contribution < 1.29 is 19.5 Å². The quantitative estimate of drug-likeness (QED) is 0.576. The first kappa shape index (κ1) is 18.2. The first-order valence-corrected chi connectivity index (χ1v) is 6.60. The van der Waals surface area contributed by atoms with Gasteiger partial charge in [0.1, 0.15) is 6.04 Å². The average Bonchev–Trinajstić information content (AvgIpc) is 2.22. The Morgan fingerprint density at radius 1 is 1.10 bits per heavy atom. The van der Waals surface area contributed by atoms with Gasteiger partial charge < -0.3 is 21.1 Å². The summed E-state index contributed by atoms with van der Waals surface area (Å²) in [5.74, 6) is -1.25. The maximum Gasteiger partial charge on any atom is 0.326 e. The van der Waals surface area contributed by atoms with Crippen molar-refractivity contribution >= 4 is 17.9 Å². The Morgan fingerprint density at radius 2 is 1.65 bits per heavy atom. The van der Waals surface area contributed by atoms with Crippen molar-refractivity contribution in [2.45, 2.75) is 53.1 Å². The monoisotopic (exact) mass is 287 g/mol. The zero-order valence-electron chi connectivity index (χ0n) is 12.7. The summed E-state index contributed by atoms with van der Waals surface area (Å²) in [5.41, 5.74) is -0.599. The summed E-state index contributed by atoms with van der Waals surface area (Å²) in [5, 5.41) is 16.6. The minimum absolute atomic E-state index is 0.0496. The topological polar surface area (TPSA) is 108 Å². The summed E-state index contributed by atoms with van der Waals surface area (Å²) < 4.78 is 0. The molecular formula is C13H25N3O4. The van der Waals surface area contributed by atoms with Gasteiger partial charge >= 0.3 is 12.0 Å². The summed E-state index contributed by atoms with van der Waals surface area (Å²) in [6, 6.07) is -1.54.